The van der Waals surface area contributed by atoms with Crippen LogP contribution in [0.15, 0.2) is 18.3 Å². The number of aromatic carboxylic acids is 1. The summed E-state index contributed by atoms with van der Waals surface area (Å²) in [6, 6.07) is 3.01. The molecule has 0 radical (unpaired) electrons. The summed E-state index contributed by atoms with van der Waals surface area (Å²) < 4.78 is 0. The Morgan fingerprint density at radius 1 is 1.38 bits per heavy atom. The van der Waals surface area contributed by atoms with Gasteiger partial charge < -0.3 is 10.4 Å². The van der Waals surface area contributed by atoms with Gasteiger partial charge in [-0.1, -0.05) is 11.6 Å². The molecule has 108 valence electrons. The number of aromatic nitrogens is 1. The smallest absolute Gasteiger partial charge is 0.339 e. The van der Waals surface area contributed by atoms with E-state index in [0.29, 0.717) is 10.0 Å². The highest BCUT2D eigenvalue weighted by Crippen LogP contribution is 2.39. The van der Waals surface area contributed by atoms with Gasteiger partial charge >= 0.3 is 5.97 Å². The van der Waals surface area contributed by atoms with E-state index in [2.05, 4.69) is 10.3 Å². The Hall–Kier alpha value is -1.92. The molecular formula is C14H11ClN2O3S. The number of halogens is 1. The van der Waals surface area contributed by atoms with Gasteiger partial charge in [0.1, 0.15) is 10.7 Å². The van der Waals surface area contributed by atoms with Gasteiger partial charge in [-0.25, -0.2) is 4.79 Å². The number of hydrogen-bond donors (Lipinski definition) is 2. The Balaban J connectivity index is 1.92. The van der Waals surface area contributed by atoms with E-state index in [1.807, 2.05) is 0 Å². The van der Waals surface area contributed by atoms with Crippen molar-refractivity contribution >= 4 is 39.8 Å². The van der Waals surface area contributed by atoms with Crippen molar-refractivity contribution in [1.82, 2.24) is 4.98 Å². The first kappa shape index (κ1) is 14.0. The van der Waals surface area contributed by atoms with E-state index >= 15 is 0 Å². The van der Waals surface area contributed by atoms with Crippen LogP contribution in [0.5, 0.6) is 0 Å². The maximum atomic E-state index is 12.1. The van der Waals surface area contributed by atoms with Gasteiger partial charge in [0, 0.05) is 16.1 Å². The number of thiophene rings is 1. The van der Waals surface area contributed by atoms with Crippen molar-refractivity contribution in [3.05, 3.63) is 45.1 Å². The van der Waals surface area contributed by atoms with Gasteiger partial charge in [0.25, 0.3) is 5.91 Å². The van der Waals surface area contributed by atoms with Crippen LogP contribution >= 0.6 is 22.9 Å². The summed E-state index contributed by atoms with van der Waals surface area (Å²) in [6.45, 7) is 0. The maximum Gasteiger partial charge on any atom is 0.339 e. The lowest BCUT2D eigenvalue weighted by molar-refractivity contribution is 0.0697. The van der Waals surface area contributed by atoms with E-state index in [1.165, 1.54) is 23.6 Å². The lowest BCUT2D eigenvalue weighted by Crippen LogP contribution is -2.15. The van der Waals surface area contributed by atoms with Crippen molar-refractivity contribution in [2.75, 3.05) is 5.32 Å². The summed E-state index contributed by atoms with van der Waals surface area (Å²) >= 11 is 7.15. The quantitative estimate of drug-likeness (QED) is 0.909. The largest absolute Gasteiger partial charge is 0.478 e. The highest BCUT2D eigenvalue weighted by Gasteiger charge is 2.27. The van der Waals surface area contributed by atoms with Gasteiger partial charge in [-0.05, 0) is 37.0 Å². The number of nitrogens with zero attached hydrogens (tertiary/aromatic N) is 1. The van der Waals surface area contributed by atoms with Gasteiger partial charge in [0.05, 0.1) is 5.56 Å². The minimum atomic E-state index is -1.01. The van der Waals surface area contributed by atoms with Crippen molar-refractivity contribution in [3.63, 3.8) is 0 Å². The van der Waals surface area contributed by atoms with Crippen LogP contribution in [0.25, 0.3) is 0 Å². The van der Waals surface area contributed by atoms with Crippen molar-refractivity contribution < 1.29 is 14.7 Å². The molecule has 0 saturated carbocycles. The second-order valence-electron chi connectivity index (χ2n) is 4.68. The number of anilines is 1. The molecule has 21 heavy (non-hydrogen) atoms. The molecule has 7 heteroatoms. The van der Waals surface area contributed by atoms with E-state index in [0.717, 1.165) is 29.7 Å². The Morgan fingerprint density at radius 2 is 2.19 bits per heavy atom. The predicted octanol–water partition coefficient (Wildman–Crippen LogP) is 3.24. The minimum Gasteiger partial charge on any atom is -0.478 e. The number of carboxylic acids is 1. The Kier molecular flexibility index (Phi) is 3.65. The van der Waals surface area contributed by atoms with Gasteiger partial charge in [0.15, 0.2) is 0 Å². The third-order valence-electron chi connectivity index (χ3n) is 3.32. The number of carbonyl (C=O) groups is 2. The fraction of sp³-hybridized carbons (Fsp3) is 0.214. The lowest BCUT2D eigenvalue weighted by Gasteiger charge is -2.05. The first-order chi connectivity index (χ1) is 10.1. The zero-order valence-electron chi connectivity index (χ0n) is 10.9. The third-order valence-corrected chi connectivity index (χ3v) is 4.76. The normalized spacial score (nSPS) is 13.0. The highest BCUT2D eigenvalue weighted by atomic mass is 35.5. The molecule has 0 spiro atoms. The van der Waals surface area contributed by atoms with Crippen molar-refractivity contribution in [2.45, 2.75) is 19.3 Å². The van der Waals surface area contributed by atoms with Crippen LogP contribution in [0.4, 0.5) is 5.00 Å². The number of fused-ring (bicyclic) bond motifs is 1. The van der Waals surface area contributed by atoms with Crippen LogP contribution in [-0.4, -0.2) is 22.0 Å². The molecule has 1 amide bonds. The SMILES string of the molecule is O=C(Nc1sc2c(c1C(=O)O)CCC2)c1cc(Cl)ccn1. The van der Waals surface area contributed by atoms with Crippen LogP contribution in [0, 0.1) is 0 Å². The van der Waals surface area contributed by atoms with E-state index in [4.69, 9.17) is 11.6 Å². The monoisotopic (exact) mass is 322 g/mol. The highest BCUT2D eigenvalue weighted by molar-refractivity contribution is 7.17. The van der Waals surface area contributed by atoms with Crippen molar-refractivity contribution in [2.24, 2.45) is 0 Å². The van der Waals surface area contributed by atoms with E-state index in [1.54, 1.807) is 6.07 Å². The fourth-order valence-electron chi connectivity index (χ4n) is 2.41. The molecule has 0 atom stereocenters. The molecule has 0 aromatic carbocycles. The summed E-state index contributed by atoms with van der Waals surface area (Å²) in [5.74, 6) is -1.47. The topological polar surface area (TPSA) is 79.3 Å². The molecule has 2 heterocycles. The zero-order chi connectivity index (χ0) is 15.0. The van der Waals surface area contributed by atoms with Crippen molar-refractivity contribution in [3.8, 4) is 0 Å². The number of carbonyl (C=O) groups excluding carboxylic acids is 1. The second-order valence-corrected chi connectivity index (χ2v) is 6.22. The molecule has 0 bridgehead atoms. The molecule has 2 aromatic heterocycles. The number of amides is 1. The summed E-state index contributed by atoms with van der Waals surface area (Å²) in [5.41, 5.74) is 1.22. The molecule has 0 saturated heterocycles. The second kappa shape index (κ2) is 5.46. The fourth-order valence-corrected chi connectivity index (χ4v) is 3.85. The maximum absolute atomic E-state index is 12.1. The van der Waals surface area contributed by atoms with Crippen LogP contribution in [0.2, 0.25) is 5.02 Å². The Labute approximate surface area is 129 Å². The minimum absolute atomic E-state index is 0.160. The van der Waals surface area contributed by atoms with Crippen LogP contribution in [0.3, 0.4) is 0 Å². The van der Waals surface area contributed by atoms with Gasteiger partial charge in [-0.3, -0.25) is 9.78 Å². The molecule has 1 aliphatic rings. The Morgan fingerprint density at radius 3 is 2.90 bits per heavy atom. The predicted molar refractivity (Wildman–Crippen MR) is 80.5 cm³/mol. The average molecular weight is 323 g/mol. The van der Waals surface area contributed by atoms with E-state index < -0.39 is 11.9 Å². The first-order valence-electron chi connectivity index (χ1n) is 6.37. The number of rotatable bonds is 3. The van der Waals surface area contributed by atoms with Crippen LogP contribution in [-0.2, 0) is 12.8 Å². The van der Waals surface area contributed by atoms with E-state index in [9.17, 15) is 14.7 Å². The third kappa shape index (κ3) is 2.64. The number of aryl methyl sites for hydroxylation is 1. The molecule has 0 unspecified atom stereocenters. The first-order valence-corrected chi connectivity index (χ1v) is 7.56. The lowest BCUT2D eigenvalue weighted by atomic mass is 10.1. The van der Waals surface area contributed by atoms with E-state index in [-0.39, 0.29) is 11.3 Å². The van der Waals surface area contributed by atoms with Crippen LogP contribution < -0.4 is 5.32 Å². The van der Waals surface area contributed by atoms with Gasteiger partial charge in [-0.15, -0.1) is 11.3 Å². The summed E-state index contributed by atoms with van der Waals surface area (Å²) in [5, 5.41) is 12.8. The molecule has 5 nitrogen and oxygen atoms in total. The number of nitrogens with one attached hydrogen (secondary N) is 1. The molecule has 0 aliphatic heterocycles. The number of hydrogen-bond acceptors (Lipinski definition) is 4. The Bertz CT molecular complexity index is 742. The average Bonchev–Trinajstić information content (AvgIpc) is 2.98. The summed E-state index contributed by atoms with van der Waals surface area (Å²) in [7, 11) is 0. The number of carboxylic acid groups (broad SMARTS) is 1. The molecular weight excluding hydrogens is 312 g/mol. The van der Waals surface area contributed by atoms with Gasteiger partial charge in [-0.2, -0.15) is 0 Å². The van der Waals surface area contributed by atoms with Crippen LogP contribution in [0.1, 0.15) is 37.7 Å². The molecule has 0 fully saturated rings. The molecule has 3 rings (SSSR count). The summed E-state index contributed by atoms with van der Waals surface area (Å²) in [4.78, 5) is 28.6. The molecule has 2 aromatic rings. The van der Waals surface area contributed by atoms with Gasteiger partial charge in [0.2, 0.25) is 0 Å². The standard InChI is InChI=1S/C14H11ClN2O3S/c15-7-4-5-16-9(6-7)12(18)17-13-11(14(19)20)8-2-1-3-10(8)21-13/h4-6H,1-3H2,(H,17,18)(H,19,20). The van der Waals surface area contributed by atoms with Crippen molar-refractivity contribution in [1.29, 1.82) is 0 Å². The molecule has 1 aliphatic carbocycles. The summed E-state index contributed by atoms with van der Waals surface area (Å²) in [6.07, 6.45) is 4.01. The zero-order valence-corrected chi connectivity index (χ0v) is 12.4. The number of pyridine rings is 1. The molecule has 2 N–H and O–H groups in total.